The van der Waals surface area contributed by atoms with E-state index in [0.29, 0.717) is 13.2 Å². The number of ether oxygens (including phenoxy) is 1. The molecular formula is C14H13BO2. The Morgan fingerprint density at radius 1 is 0.765 bits per heavy atom. The molecule has 2 nitrogen and oxygen atoms in total. The third-order valence-electron chi connectivity index (χ3n) is 3.13. The van der Waals surface area contributed by atoms with E-state index < -0.39 is 6.92 Å². The minimum absolute atomic E-state index is 0.543. The topological polar surface area (TPSA) is 29.5 Å². The maximum Gasteiger partial charge on any atom is 0.358 e. The molecule has 6 rings (SSSR count). The fourth-order valence-electron chi connectivity index (χ4n) is 2.07. The molecule has 0 fully saturated rings. The van der Waals surface area contributed by atoms with Crippen LogP contribution in [-0.4, -0.2) is 11.9 Å². The van der Waals surface area contributed by atoms with E-state index >= 15 is 0 Å². The lowest BCUT2D eigenvalue weighted by Gasteiger charge is -2.12. The Bertz CT molecular complexity index is 457. The van der Waals surface area contributed by atoms with Crippen LogP contribution in [-0.2, 0) is 18.0 Å². The summed E-state index contributed by atoms with van der Waals surface area (Å²) in [7, 11) is 0. The molecule has 4 heterocycles. The largest absolute Gasteiger partial charge is 0.443 e. The van der Waals surface area contributed by atoms with E-state index in [-0.39, 0.29) is 0 Å². The molecule has 0 saturated carbocycles. The Morgan fingerprint density at radius 3 is 1.59 bits per heavy atom. The van der Waals surface area contributed by atoms with Crippen LogP contribution in [0.2, 0.25) is 0 Å². The van der Waals surface area contributed by atoms with Crippen LogP contribution in [0.25, 0.3) is 0 Å². The van der Waals surface area contributed by atoms with Gasteiger partial charge in [-0.3, -0.25) is 0 Å². The van der Waals surface area contributed by atoms with Gasteiger partial charge in [0.15, 0.2) is 0 Å². The highest BCUT2D eigenvalue weighted by atomic mass is 16.5. The van der Waals surface area contributed by atoms with E-state index in [2.05, 4.69) is 0 Å². The molecule has 0 radical (unpaired) electrons. The zero-order valence-electron chi connectivity index (χ0n) is 9.47. The normalized spacial score (nSPS) is 14.5. The van der Waals surface area contributed by atoms with Crippen molar-refractivity contribution in [3.63, 3.8) is 0 Å². The zero-order chi connectivity index (χ0) is 11.7. The molecule has 4 aliphatic rings. The van der Waals surface area contributed by atoms with Crippen LogP contribution in [0, 0.1) is 0 Å². The van der Waals surface area contributed by atoms with Gasteiger partial charge in [0.2, 0.25) is 0 Å². The summed E-state index contributed by atoms with van der Waals surface area (Å²) in [6.45, 7) is 0.675. The van der Waals surface area contributed by atoms with Crippen LogP contribution in [0.5, 0.6) is 0 Å². The van der Waals surface area contributed by atoms with Gasteiger partial charge in [-0.15, -0.1) is 0 Å². The maximum atomic E-state index is 10.2. The molecule has 3 heteroatoms. The molecule has 1 N–H and O–H groups in total. The molecule has 0 saturated heterocycles. The number of hydrogen-bond acceptors (Lipinski definition) is 2. The summed E-state index contributed by atoms with van der Waals surface area (Å²) in [5.74, 6) is 0. The first-order chi connectivity index (χ1) is 8.33. The summed E-state index contributed by atoms with van der Waals surface area (Å²) in [6.07, 6.45) is 0. The Kier molecular flexibility index (Phi) is 2.71. The van der Waals surface area contributed by atoms with Gasteiger partial charge in [-0.2, -0.15) is 0 Å². The highest BCUT2D eigenvalue weighted by molar-refractivity contribution is 6.78. The number of rotatable bonds is 0. The van der Waals surface area contributed by atoms with Crippen molar-refractivity contribution in [1.29, 1.82) is 0 Å². The van der Waals surface area contributed by atoms with Crippen molar-refractivity contribution >= 4 is 17.8 Å². The van der Waals surface area contributed by atoms with Crippen molar-refractivity contribution in [2.24, 2.45) is 0 Å². The zero-order valence-corrected chi connectivity index (χ0v) is 9.47. The molecule has 4 aliphatic heterocycles. The predicted octanol–water partition coefficient (Wildman–Crippen LogP) is 0.815. The van der Waals surface area contributed by atoms with Crippen LogP contribution >= 0.6 is 0 Å². The quantitative estimate of drug-likeness (QED) is 0.671. The van der Waals surface area contributed by atoms with Crippen LogP contribution < -0.4 is 10.9 Å². The van der Waals surface area contributed by atoms with Gasteiger partial charge < -0.3 is 9.76 Å². The lowest BCUT2D eigenvalue weighted by molar-refractivity contribution is 0.107. The van der Waals surface area contributed by atoms with E-state index in [9.17, 15) is 5.02 Å². The van der Waals surface area contributed by atoms with Crippen LogP contribution in [0.4, 0.5) is 0 Å². The summed E-state index contributed by atoms with van der Waals surface area (Å²) >= 11 is 0. The summed E-state index contributed by atoms with van der Waals surface area (Å²) < 4.78 is 5.63. The maximum absolute atomic E-state index is 10.2. The third-order valence-corrected chi connectivity index (χ3v) is 3.13. The minimum atomic E-state index is -0.543. The van der Waals surface area contributed by atoms with Crippen molar-refractivity contribution in [3.8, 4) is 0 Å². The highest BCUT2D eigenvalue weighted by Gasteiger charge is 2.17. The van der Waals surface area contributed by atoms with Gasteiger partial charge in [0.25, 0.3) is 0 Å². The van der Waals surface area contributed by atoms with Crippen LogP contribution in [0.15, 0.2) is 48.5 Å². The van der Waals surface area contributed by atoms with Crippen molar-refractivity contribution < 1.29 is 9.76 Å². The summed E-state index contributed by atoms with van der Waals surface area (Å²) in [6, 6.07) is 15.9. The summed E-state index contributed by atoms with van der Waals surface area (Å²) in [4.78, 5) is 0. The lowest BCUT2D eigenvalue weighted by atomic mass is 9.56. The second-order valence-electron chi connectivity index (χ2n) is 4.38. The Balaban J connectivity index is 2.07. The summed E-state index contributed by atoms with van der Waals surface area (Å²) in [5.41, 5.74) is 4.11. The first-order valence-corrected chi connectivity index (χ1v) is 5.76. The van der Waals surface area contributed by atoms with E-state index in [4.69, 9.17) is 4.74 Å². The standard InChI is InChI=1S/C14H13BO2/c16-15-13-5-1-11(2-6-13)9-17-10-12-3-7-14(15)8-4-12/h1-8,16H,9-10H2. The SMILES string of the molecule is OB1c2ccc(cc2)COCc2ccc1cc2. The molecule has 0 amide bonds. The number of hydrogen-bond donors (Lipinski definition) is 1. The van der Waals surface area contributed by atoms with E-state index in [1.807, 2.05) is 48.5 Å². The molecule has 0 aromatic heterocycles. The van der Waals surface area contributed by atoms with Crippen molar-refractivity contribution in [1.82, 2.24) is 0 Å². The summed E-state index contributed by atoms with van der Waals surface area (Å²) in [5, 5.41) is 10.2. The van der Waals surface area contributed by atoms with Crippen molar-refractivity contribution in [3.05, 3.63) is 59.7 Å². The molecule has 2 aromatic carbocycles. The first-order valence-electron chi connectivity index (χ1n) is 5.76. The van der Waals surface area contributed by atoms with Crippen LogP contribution in [0.3, 0.4) is 0 Å². The van der Waals surface area contributed by atoms with E-state index in [0.717, 1.165) is 22.1 Å². The molecular weight excluding hydrogens is 211 g/mol. The third kappa shape index (κ3) is 2.12. The Hall–Kier alpha value is -1.58. The molecule has 0 atom stereocenters. The average Bonchev–Trinajstić information content (AvgIpc) is 2.38. The van der Waals surface area contributed by atoms with Gasteiger partial charge in [0.05, 0.1) is 13.2 Å². The van der Waals surface area contributed by atoms with E-state index in [1.54, 1.807) is 0 Å². The minimum Gasteiger partial charge on any atom is -0.443 e. The van der Waals surface area contributed by atoms with Gasteiger partial charge in [-0.1, -0.05) is 48.5 Å². The van der Waals surface area contributed by atoms with Crippen molar-refractivity contribution in [2.75, 3.05) is 0 Å². The van der Waals surface area contributed by atoms with Crippen LogP contribution in [0.1, 0.15) is 11.1 Å². The molecule has 4 bridgehead atoms. The van der Waals surface area contributed by atoms with Gasteiger partial charge >= 0.3 is 6.92 Å². The Morgan fingerprint density at radius 2 is 1.18 bits per heavy atom. The van der Waals surface area contributed by atoms with Gasteiger partial charge in [-0.25, -0.2) is 0 Å². The molecule has 0 aliphatic carbocycles. The predicted molar refractivity (Wildman–Crippen MR) is 68.6 cm³/mol. The van der Waals surface area contributed by atoms with Gasteiger partial charge in [0, 0.05) is 0 Å². The molecule has 17 heavy (non-hydrogen) atoms. The molecule has 0 spiro atoms. The number of benzene rings is 2. The molecule has 84 valence electrons. The second kappa shape index (κ2) is 4.36. The molecule has 0 unspecified atom stereocenters. The first kappa shape index (κ1) is 10.6. The second-order valence-corrected chi connectivity index (χ2v) is 4.38. The smallest absolute Gasteiger partial charge is 0.358 e. The fourth-order valence-corrected chi connectivity index (χ4v) is 2.07. The fraction of sp³-hybridized carbons (Fsp3) is 0.143. The van der Waals surface area contributed by atoms with Crippen molar-refractivity contribution in [2.45, 2.75) is 13.2 Å². The van der Waals surface area contributed by atoms with E-state index in [1.165, 1.54) is 0 Å². The highest BCUT2D eigenvalue weighted by Crippen LogP contribution is 2.06. The Labute approximate surface area is 101 Å². The average molecular weight is 224 g/mol. The van der Waals surface area contributed by atoms with Gasteiger partial charge in [0.1, 0.15) is 0 Å². The van der Waals surface area contributed by atoms with Gasteiger partial charge in [-0.05, 0) is 22.1 Å². The monoisotopic (exact) mass is 224 g/mol. The lowest BCUT2D eigenvalue weighted by Crippen LogP contribution is -2.42. The molecule has 2 aromatic rings.